The van der Waals surface area contributed by atoms with Crippen molar-refractivity contribution >= 4 is 23.7 Å². The number of aldehydes is 1. The van der Waals surface area contributed by atoms with Crippen molar-refractivity contribution in [3.63, 3.8) is 0 Å². The molecule has 1 rings (SSSR count). The number of allylic oxidation sites excluding steroid dienone is 4. The molecule has 0 saturated carbocycles. The van der Waals surface area contributed by atoms with E-state index in [-0.39, 0.29) is 23.3 Å². The number of hydrogen-bond acceptors (Lipinski definition) is 5. The van der Waals surface area contributed by atoms with Crippen LogP contribution in [0.1, 0.15) is 79.9 Å². The maximum atomic E-state index is 12.8. The topological polar surface area (TPSA) is 67.8 Å². The zero-order valence-corrected chi connectivity index (χ0v) is 23.5. The third kappa shape index (κ3) is 11.2. The Labute approximate surface area is 213 Å². The van der Waals surface area contributed by atoms with Crippen molar-refractivity contribution in [3.05, 3.63) is 52.6 Å². The molecule has 35 heavy (non-hydrogen) atoms. The van der Waals surface area contributed by atoms with Crippen molar-refractivity contribution in [2.24, 2.45) is 22.2 Å². The minimum Gasteiger partial charge on any atom is -0.464 e. The largest absolute Gasteiger partial charge is 0.464 e. The lowest BCUT2D eigenvalue weighted by Crippen LogP contribution is -2.39. The average molecular weight is 483 g/mol. The highest BCUT2D eigenvalue weighted by atomic mass is 16.5. The highest BCUT2D eigenvalue weighted by molar-refractivity contribution is 6.06. The Bertz CT molecular complexity index is 947. The Morgan fingerprint density at radius 2 is 1.83 bits per heavy atom. The fraction of sp³-hybridized carbons (Fsp3) is 0.567. The van der Waals surface area contributed by atoms with E-state index in [0.717, 1.165) is 34.4 Å². The summed E-state index contributed by atoms with van der Waals surface area (Å²) in [6.07, 6.45) is 5.45. The van der Waals surface area contributed by atoms with Gasteiger partial charge in [-0.05, 0) is 78.9 Å². The van der Waals surface area contributed by atoms with Crippen LogP contribution in [0.25, 0.3) is 0 Å². The zero-order valence-electron chi connectivity index (χ0n) is 23.5. The van der Waals surface area contributed by atoms with Gasteiger partial charge in [0.25, 0.3) is 0 Å². The third-order valence-electron chi connectivity index (χ3n) is 5.43. The second-order valence-corrected chi connectivity index (χ2v) is 11.3. The lowest BCUT2D eigenvalue weighted by atomic mass is 9.97. The van der Waals surface area contributed by atoms with Gasteiger partial charge in [-0.2, -0.15) is 0 Å². The molecule has 0 aliphatic heterocycles. The van der Waals surface area contributed by atoms with Crippen molar-refractivity contribution in [1.29, 1.82) is 0 Å². The van der Waals surface area contributed by atoms with E-state index >= 15 is 0 Å². The van der Waals surface area contributed by atoms with E-state index in [9.17, 15) is 9.59 Å². The van der Waals surface area contributed by atoms with Crippen LogP contribution in [0, 0.1) is 24.2 Å². The van der Waals surface area contributed by atoms with Crippen LogP contribution in [-0.2, 0) is 20.9 Å². The van der Waals surface area contributed by atoms with Crippen LogP contribution < -0.4 is 5.32 Å². The van der Waals surface area contributed by atoms with E-state index in [4.69, 9.17) is 9.73 Å². The molecule has 0 heterocycles. The fourth-order valence-electron chi connectivity index (χ4n) is 3.49. The van der Waals surface area contributed by atoms with Gasteiger partial charge < -0.3 is 10.1 Å². The molecule has 0 aliphatic rings. The Hall–Kier alpha value is -2.53. The summed E-state index contributed by atoms with van der Waals surface area (Å²) in [4.78, 5) is 28.9. The number of carbonyl (C=O) groups is 2. The first-order valence-corrected chi connectivity index (χ1v) is 12.7. The lowest BCUT2D eigenvalue weighted by molar-refractivity contribution is -0.149. The van der Waals surface area contributed by atoms with Crippen LogP contribution in [0.4, 0.5) is 5.69 Å². The number of aryl methyl sites for hydroxylation is 1. The lowest BCUT2D eigenvalue weighted by Gasteiger charge is -2.23. The van der Waals surface area contributed by atoms with Gasteiger partial charge in [-0.15, -0.1) is 0 Å². The second-order valence-electron chi connectivity index (χ2n) is 11.3. The summed E-state index contributed by atoms with van der Waals surface area (Å²) in [5, 5.41) is 3.41. The van der Waals surface area contributed by atoms with Gasteiger partial charge in [-0.1, -0.05) is 66.7 Å². The number of nitrogens with one attached hydrogen (secondary N) is 1. The van der Waals surface area contributed by atoms with Crippen molar-refractivity contribution in [2.75, 3.05) is 6.61 Å². The smallest absolute Gasteiger partial charge is 0.323 e. The molecule has 0 aromatic heterocycles. The molecular formula is C30H46N2O3. The van der Waals surface area contributed by atoms with E-state index in [1.807, 2.05) is 26.0 Å². The number of ether oxygens (including phenoxy) is 1. The maximum absolute atomic E-state index is 12.8. The molecule has 0 bridgehead atoms. The molecule has 0 fully saturated rings. The van der Waals surface area contributed by atoms with Gasteiger partial charge in [0.15, 0.2) is 0 Å². The van der Waals surface area contributed by atoms with E-state index < -0.39 is 0 Å². The molecule has 1 unspecified atom stereocenters. The Kier molecular flexibility index (Phi) is 12.3. The summed E-state index contributed by atoms with van der Waals surface area (Å²) in [6.45, 7) is 21.3. The van der Waals surface area contributed by atoms with E-state index in [1.165, 1.54) is 0 Å². The maximum Gasteiger partial charge on any atom is 0.323 e. The van der Waals surface area contributed by atoms with Crippen molar-refractivity contribution in [1.82, 2.24) is 5.32 Å². The molecule has 0 radical (unpaired) electrons. The molecule has 1 atom stereocenters. The number of hydrogen-bond donors (Lipinski definition) is 1. The quantitative estimate of drug-likeness (QED) is 0.116. The molecule has 0 aliphatic carbocycles. The molecule has 1 aromatic rings. The Balaban J connectivity index is 3.18. The number of rotatable bonds is 12. The fourth-order valence-corrected chi connectivity index (χ4v) is 3.49. The summed E-state index contributed by atoms with van der Waals surface area (Å²) in [7, 11) is 0. The van der Waals surface area contributed by atoms with Crippen LogP contribution in [0.3, 0.4) is 0 Å². The van der Waals surface area contributed by atoms with Gasteiger partial charge >= 0.3 is 5.97 Å². The molecule has 1 aromatic carbocycles. The van der Waals surface area contributed by atoms with Gasteiger partial charge in [0, 0.05) is 6.54 Å². The van der Waals surface area contributed by atoms with Crippen LogP contribution in [-0.4, -0.2) is 30.6 Å². The SMILES string of the molecule is C/C=C(\C=C(\C)C=O)C(=Nc1cc(CNC(CC(C)C)C(=O)OCC(C)(C)C)ccc1C)C(C)C. The van der Waals surface area contributed by atoms with Crippen molar-refractivity contribution < 1.29 is 14.3 Å². The van der Waals surface area contributed by atoms with Crippen LogP contribution in [0.15, 0.2) is 46.5 Å². The van der Waals surface area contributed by atoms with E-state index in [2.05, 4.69) is 72.0 Å². The third-order valence-corrected chi connectivity index (χ3v) is 5.43. The summed E-state index contributed by atoms with van der Waals surface area (Å²) in [6, 6.07) is 5.84. The standard InChI is InChI=1S/C30H46N2O3/c1-11-25(15-22(6)18-33)28(21(4)5)32-26-16-24(13-12-23(26)7)17-31-27(14-20(2)3)29(34)35-19-30(8,9)10/h11-13,15-16,18,20-21,27,31H,14,17,19H2,1-10H3/b22-15-,25-11+,32-28?. The minimum absolute atomic E-state index is 0.0682. The molecule has 1 N–H and O–H groups in total. The molecule has 5 heteroatoms. The second kappa shape index (κ2) is 14.1. The van der Waals surface area contributed by atoms with Gasteiger partial charge in [0.05, 0.1) is 18.0 Å². The normalized spacial score (nSPS) is 14.5. The first-order valence-electron chi connectivity index (χ1n) is 12.7. The zero-order chi connectivity index (χ0) is 26.8. The summed E-state index contributed by atoms with van der Waals surface area (Å²) in [5.41, 5.74) is 5.49. The predicted octanol–water partition coefficient (Wildman–Crippen LogP) is 6.91. The summed E-state index contributed by atoms with van der Waals surface area (Å²) < 4.78 is 5.60. The Morgan fingerprint density at radius 1 is 1.17 bits per heavy atom. The highest BCUT2D eigenvalue weighted by Crippen LogP contribution is 2.24. The summed E-state index contributed by atoms with van der Waals surface area (Å²) >= 11 is 0. The minimum atomic E-state index is -0.358. The van der Waals surface area contributed by atoms with Gasteiger partial charge in [0.2, 0.25) is 0 Å². The van der Waals surface area contributed by atoms with Crippen LogP contribution in [0.5, 0.6) is 0 Å². The van der Waals surface area contributed by atoms with Crippen molar-refractivity contribution in [3.8, 4) is 0 Å². The number of nitrogens with zero attached hydrogens (tertiary/aromatic N) is 1. The van der Waals surface area contributed by atoms with Gasteiger partial charge in [-0.3, -0.25) is 14.6 Å². The number of aliphatic imine (C=N–C) groups is 1. The Morgan fingerprint density at radius 3 is 2.34 bits per heavy atom. The number of benzene rings is 1. The first-order chi connectivity index (χ1) is 16.3. The monoisotopic (exact) mass is 482 g/mol. The molecular weight excluding hydrogens is 436 g/mol. The molecule has 194 valence electrons. The van der Waals surface area contributed by atoms with E-state index in [1.54, 1.807) is 6.92 Å². The molecule has 0 amide bonds. The predicted molar refractivity (Wildman–Crippen MR) is 147 cm³/mol. The molecule has 0 saturated heterocycles. The first kappa shape index (κ1) is 30.5. The van der Waals surface area contributed by atoms with Crippen LogP contribution >= 0.6 is 0 Å². The van der Waals surface area contributed by atoms with Gasteiger partial charge in [0.1, 0.15) is 12.3 Å². The van der Waals surface area contributed by atoms with Gasteiger partial charge in [-0.25, -0.2) is 0 Å². The molecule has 5 nitrogen and oxygen atoms in total. The average Bonchev–Trinajstić information content (AvgIpc) is 2.77. The summed E-state index contributed by atoms with van der Waals surface area (Å²) in [5.74, 6) is 0.353. The number of carbonyl (C=O) groups excluding carboxylic acids is 2. The highest BCUT2D eigenvalue weighted by Gasteiger charge is 2.23. The van der Waals surface area contributed by atoms with Crippen LogP contribution in [0.2, 0.25) is 0 Å². The molecule has 0 spiro atoms. The van der Waals surface area contributed by atoms with E-state index in [0.29, 0.717) is 31.1 Å². The number of esters is 1. The van der Waals surface area contributed by atoms with Crippen molar-refractivity contribution in [2.45, 2.75) is 88.2 Å².